The normalized spacial score (nSPS) is 11.1. The fraction of sp³-hybridized carbons (Fsp3) is 0.0625. The molecule has 2 aromatic carbocycles. The fourth-order valence-corrected chi connectivity index (χ4v) is 2.08. The molecule has 3 rings (SSSR count). The second-order valence-corrected chi connectivity index (χ2v) is 4.90. The number of nitrogens with zero attached hydrogens (tertiary/aromatic N) is 2. The van der Waals surface area contributed by atoms with E-state index in [4.69, 9.17) is 0 Å². The number of H-pyrrole nitrogens is 1. The summed E-state index contributed by atoms with van der Waals surface area (Å²) in [7, 11) is 0. The molecule has 0 unspecified atom stereocenters. The van der Waals surface area contributed by atoms with Gasteiger partial charge in [-0.2, -0.15) is 5.10 Å². The number of nitrogens with one attached hydrogen (secondary N) is 2. The van der Waals surface area contributed by atoms with Crippen LogP contribution in [-0.4, -0.2) is 27.2 Å². The Kier molecular flexibility index (Phi) is 3.57. The number of fused-ring (bicyclic) bond motifs is 1. The molecule has 0 aliphatic carbocycles. The number of rotatable bonds is 3. The minimum atomic E-state index is -0.333. The van der Waals surface area contributed by atoms with Crippen molar-refractivity contribution in [3.05, 3.63) is 59.4 Å². The first-order chi connectivity index (χ1) is 10.6. The number of aromatic nitrogens is 2. The van der Waals surface area contributed by atoms with Gasteiger partial charge in [0.2, 0.25) is 0 Å². The van der Waals surface area contributed by atoms with E-state index in [1.807, 2.05) is 6.92 Å². The molecule has 3 aromatic rings. The van der Waals surface area contributed by atoms with E-state index in [9.17, 15) is 9.90 Å². The van der Waals surface area contributed by atoms with E-state index in [1.54, 1.807) is 42.7 Å². The molecule has 6 nitrogen and oxygen atoms in total. The highest BCUT2D eigenvalue weighted by Crippen LogP contribution is 2.16. The number of phenolic OH excluding ortho intramolecular Hbond substituents is 1. The van der Waals surface area contributed by atoms with Crippen molar-refractivity contribution in [3.8, 4) is 5.75 Å². The number of hydrogen-bond acceptors (Lipinski definition) is 4. The third-order valence-corrected chi connectivity index (χ3v) is 3.24. The van der Waals surface area contributed by atoms with Gasteiger partial charge in [-0.15, -0.1) is 0 Å². The second-order valence-electron chi connectivity index (χ2n) is 4.90. The Balaban J connectivity index is 1.73. The van der Waals surface area contributed by atoms with E-state index in [-0.39, 0.29) is 11.7 Å². The average Bonchev–Trinajstić information content (AvgIpc) is 2.98. The number of aryl methyl sites for hydroxylation is 1. The number of benzene rings is 2. The van der Waals surface area contributed by atoms with Gasteiger partial charge in [-0.05, 0) is 37.3 Å². The molecule has 0 spiro atoms. The summed E-state index contributed by atoms with van der Waals surface area (Å²) < 4.78 is 0. The van der Waals surface area contributed by atoms with Crippen LogP contribution in [0.3, 0.4) is 0 Å². The molecular weight excluding hydrogens is 280 g/mol. The molecule has 0 saturated heterocycles. The Hall–Kier alpha value is -3.15. The summed E-state index contributed by atoms with van der Waals surface area (Å²) in [5.41, 5.74) is 6.03. The van der Waals surface area contributed by atoms with Crippen molar-refractivity contribution in [2.45, 2.75) is 6.92 Å². The van der Waals surface area contributed by atoms with Crippen LogP contribution in [0.4, 0.5) is 0 Å². The zero-order valence-electron chi connectivity index (χ0n) is 11.9. The van der Waals surface area contributed by atoms with Crippen molar-refractivity contribution in [2.75, 3.05) is 0 Å². The second kappa shape index (κ2) is 5.69. The fourth-order valence-electron chi connectivity index (χ4n) is 2.08. The molecule has 1 aromatic heterocycles. The molecular formula is C16H14N4O2. The molecule has 22 heavy (non-hydrogen) atoms. The van der Waals surface area contributed by atoms with Crippen LogP contribution in [0, 0.1) is 6.92 Å². The van der Waals surface area contributed by atoms with E-state index in [1.165, 1.54) is 6.21 Å². The highest BCUT2D eigenvalue weighted by Gasteiger charge is 2.06. The minimum absolute atomic E-state index is 0.113. The Bertz CT molecular complexity index is 867. The van der Waals surface area contributed by atoms with E-state index < -0.39 is 0 Å². The summed E-state index contributed by atoms with van der Waals surface area (Å²) in [6.07, 6.45) is 2.99. The largest absolute Gasteiger partial charge is 0.507 e. The summed E-state index contributed by atoms with van der Waals surface area (Å²) in [4.78, 5) is 19.1. The molecule has 0 radical (unpaired) electrons. The number of phenols is 1. The van der Waals surface area contributed by atoms with E-state index in [0.29, 0.717) is 11.1 Å². The lowest BCUT2D eigenvalue weighted by Gasteiger charge is -2.01. The molecule has 0 aliphatic rings. The first-order valence-corrected chi connectivity index (χ1v) is 6.69. The number of carbonyl (C=O) groups is 1. The molecule has 0 fully saturated rings. The summed E-state index contributed by atoms with van der Waals surface area (Å²) >= 11 is 0. The van der Waals surface area contributed by atoms with E-state index in [2.05, 4.69) is 20.5 Å². The van der Waals surface area contributed by atoms with Gasteiger partial charge in [-0.25, -0.2) is 10.4 Å². The van der Waals surface area contributed by atoms with Gasteiger partial charge in [0.05, 0.1) is 23.6 Å². The van der Waals surface area contributed by atoms with Crippen LogP contribution >= 0.6 is 0 Å². The van der Waals surface area contributed by atoms with Gasteiger partial charge < -0.3 is 10.1 Å². The summed E-state index contributed by atoms with van der Waals surface area (Å²) in [5, 5.41) is 13.6. The van der Waals surface area contributed by atoms with Crippen molar-refractivity contribution >= 4 is 23.2 Å². The van der Waals surface area contributed by atoms with Gasteiger partial charge in [0.15, 0.2) is 0 Å². The lowest BCUT2D eigenvalue weighted by molar-refractivity contribution is 0.0955. The number of hydrazone groups is 1. The highest BCUT2D eigenvalue weighted by molar-refractivity contribution is 5.97. The van der Waals surface area contributed by atoms with Crippen LogP contribution in [0.1, 0.15) is 21.5 Å². The molecule has 3 N–H and O–H groups in total. The number of aromatic hydroxyl groups is 1. The van der Waals surface area contributed by atoms with Crippen LogP contribution < -0.4 is 5.43 Å². The van der Waals surface area contributed by atoms with Gasteiger partial charge in [0.1, 0.15) is 5.75 Å². The molecule has 0 bridgehead atoms. The predicted molar refractivity (Wildman–Crippen MR) is 84.0 cm³/mol. The van der Waals surface area contributed by atoms with E-state index >= 15 is 0 Å². The Morgan fingerprint density at radius 3 is 3.05 bits per heavy atom. The maximum Gasteiger partial charge on any atom is 0.271 e. The third-order valence-electron chi connectivity index (χ3n) is 3.24. The number of carbonyl (C=O) groups excluding carboxylic acids is 1. The number of imidazole rings is 1. The SMILES string of the molecule is Cc1ccc(O)c(/C=N/NC(=O)c2ccc3nc[nH]c3c2)c1. The Morgan fingerprint density at radius 2 is 2.18 bits per heavy atom. The van der Waals surface area contributed by atoms with Crippen molar-refractivity contribution in [1.82, 2.24) is 15.4 Å². The standard InChI is InChI=1S/C16H14N4O2/c1-10-2-5-15(21)12(6-10)8-19-20-16(22)11-3-4-13-14(7-11)18-9-17-13/h2-9,21H,1H3,(H,17,18)(H,20,22)/b19-8+. The third kappa shape index (κ3) is 2.80. The molecule has 1 heterocycles. The number of hydrogen-bond donors (Lipinski definition) is 3. The Labute approximate surface area is 126 Å². The molecule has 110 valence electrons. The number of aromatic amines is 1. The lowest BCUT2D eigenvalue weighted by atomic mass is 10.1. The molecule has 0 aliphatic heterocycles. The molecule has 1 amide bonds. The topological polar surface area (TPSA) is 90.4 Å². The maximum absolute atomic E-state index is 12.0. The quantitative estimate of drug-likeness (QED) is 0.511. The van der Waals surface area contributed by atoms with Crippen molar-refractivity contribution in [1.29, 1.82) is 0 Å². The summed E-state index contributed by atoms with van der Waals surface area (Å²) in [6.45, 7) is 1.91. The van der Waals surface area contributed by atoms with Crippen molar-refractivity contribution in [3.63, 3.8) is 0 Å². The first-order valence-electron chi connectivity index (χ1n) is 6.69. The highest BCUT2D eigenvalue weighted by atomic mass is 16.3. The van der Waals surface area contributed by atoms with Crippen LogP contribution in [0.25, 0.3) is 11.0 Å². The smallest absolute Gasteiger partial charge is 0.271 e. The number of amides is 1. The van der Waals surface area contributed by atoms with Crippen LogP contribution in [0.5, 0.6) is 5.75 Å². The van der Waals surface area contributed by atoms with Gasteiger partial charge >= 0.3 is 0 Å². The Morgan fingerprint density at radius 1 is 1.32 bits per heavy atom. The zero-order chi connectivity index (χ0) is 15.5. The summed E-state index contributed by atoms with van der Waals surface area (Å²) in [6, 6.07) is 10.3. The zero-order valence-corrected chi connectivity index (χ0v) is 11.9. The van der Waals surface area contributed by atoms with Crippen LogP contribution in [0.2, 0.25) is 0 Å². The lowest BCUT2D eigenvalue weighted by Crippen LogP contribution is -2.17. The van der Waals surface area contributed by atoms with Crippen LogP contribution in [0.15, 0.2) is 47.8 Å². The summed E-state index contributed by atoms with van der Waals surface area (Å²) in [5.74, 6) is -0.220. The maximum atomic E-state index is 12.0. The monoisotopic (exact) mass is 294 g/mol. The van der Waals surface area contributed by atoms with Gasteiger partial charge in [-0.3, -0.25) is 4.79 Å². The molecule has 0 saturated carbocycles. The average molecular weight is 294 g/mol. The van der Waals surface area contributed by atoms with Crippen LogP contribution in [-0.2, 0) is 0 Å². The van der Waals surface area contributed by atoms with Gasteiger partial charge in [-0.1, -0.05) is 11.6 Å². The predicted octanol–water partition coefficient (Wildman–Crippen LogP) is 2.34. The minimum Gasteiger partial charge on any atom is -0.507 e. The van der Waals surface area contributed by atoms with Gasteiger partial charge in [0.25, 0.3) is 5.91 Å². The molecule has 6 heteroatoms. The van der Waals surface area contributed by atoms with Gasteiger partial charge in [0, 0.05) is 11.1 Å². The van der Waals surface area contributed by atoms with Crippen molar-refractivity contribution < 1.29 is 9.90 Å². The van der Waals surface area contributed by atoms with E-state index in [0.717, 1.165) is 16.6 Å². The first kappa shape index (κ1) is 13.8. The molecule has 0 atom stereocenters. The van der Waals surface area contributed by atoms with Crippen molar-refractivity contribution in [2.24, 2.45) is 5.10 Å².